The Hall–Kier alpha value is -2.98. The standard InChI is InChI=1S/C22H27N3O6S/c1-16(31-21-11-7-6-10-20(21)25(27)28)22(26)23-17-12-14-19(15-13-17)32(29,30)24(2)18-8-4-3-5-9-18/h6-7,10-16,18H,3-5,8-9H2,1-2H3,(H,23,26). The summed E-state index contributed by atoms with van der Waals surface area (Å²) >= 11 is 0. The van der Waals surface area contributed by atoms with Gasteiger partial charge in [0.05, 0.1) is 9.82 Å². The summed E-state index contributed by atoms with van der Waals surface area (Å²) in [4.78, 5) is 23.1. The average molecular weight is 462 g/mol. The number of anilines is 1. The number of nitro groups is 1. The van der Waals surface area contributed by atoms with Crippen LogP contribution in [-0.2, 0) is 14.8 Å². The first-order valence-corrected chi connectivity index (χ1v) is 11.9. The summed E-state index contributed by atoms with van der Waals surface area (Å²) in [7, 11) is -2.01. The smallest absolute Gasteiger partial charge is 0.310 e. The number of rotatable bonds is 8. The summed E-state index contributed by atoms with van der Waals surface area (Å²) in [6.45, 7) is 1.48. The van der Waals surface area contributed by atoms with Gasteiger partial charge in [-0.2, -0.15) is 4.31 Å². The number of nitrogens with one attached hydrogen (secondary N) is 1. The highest BCUT2D eigenvalue weighted by Crippen LogP contribution is 2.28. The summed E-state index contributed by atoms with van der Waals surface area (Å²) < 4.78 is 32.8. The number of sulfonamides is 1. The predicted octanol–water partition coefficient (Wildman–Crippen LogP) is 3.95. The molecule has 2 aromatic rings. The third kappa shape index (κ3) is 5.43. The third-order valence-corrected chi connectivity index (χ3v) is 7.55. The molecule has 172 valence electrons. The molecule has 1 unspecified atom stereocenters. The zero-order chi connectivity index (χ0) is 23.3. The van der Waals surface area contributed by atoms with E-state index >= 15 is 0 Å². The maximum Gasteiger partial charge on any atom is 0.310 e. The van der Waals surface area contributed by atoms with Crippen LogP contribution in [0.4, 0.5) is 11.4 Å². The van der Waals surface area contributed by atoms with Crippen LogP contribution < -0.4 is 10.1 Å². The molecule has 1 aliphatic carbocycles. The second-order valence-electron chi connectivity index (χ2n) is 7.81. The van der Waals surface area contributed by atoms with E-state index in [1.54, 1.807) is 13.1 Å². The van der Waals surface area contributed by atoms with Crippen molar-refractivity contribution >= 4 is 27.3 Å². The van der Waals surface area contributed by atoms with Crippen LogP contribution in [-0.4, -0.2) is 42.7 Å². The molecule has 0 bridgehead atoms. The van der Waals surface area contributed by atoms with Gasteiger partial charge >= 0.3 is 5.69 Å². The molecule has 0 saturated heterocycles. The van der Waals surface area contributed by atoms with Crippen LogP contribution in [0.3, 0.4) is 0 Å². The lowest BCUT2D eigenvalue weighted by Gasteiger charge is -2.30. The Bertz CT molecular complexity index is 1070. The minimum absolute atomic E-state index is 0.00709. The Kier molecular flexibility index (Phi) is 7.47. The van der Waals surface area contributed by atoms with E-state index in [-0.39, 0.29) is 22.4 Å². The molecular weight excluding hydrogens is 434 g/mol. The summed E-state index contributed by atoms with van der Waals surface area (Å²) in [5.74, 6) is -0.523. The molecule has 0 aliphatic heterocycles. The number of amides is 1. The summed E-state index contributed by atoms with van der Waals surface area (Å²) in [5, 5.41) is 13.7. The molecule has 10 heteroatoms. The van der Waals surface area contributed by atoms with Gasteiger partial charge in [-0.25, -0.2) is 8.42 Å². The Balaban J connectivity index is 1.65. The number of carbonyl (C=O) groups excluding carboxylic acids is 1. The van der Waals surface area contributed by atoms with Crippen molar-refractivity contribution in [1.29, 1.82) is 0 Å². The van der Waals surface area contributed by atoms with Crippen LogP contribution in [0.25, 0.3) is 0 Å². The number of hydrogen-bond donors (Lipinski definition) is 1. The summed E-state index contributed by atoms with van der Waals surface area (Å²) in [6.07, 6.45) is 3.92. The molecule has 1 atom stereocenters. The molecule has 32 heavy (non-hydrogen) atoms. The number of nitro benzene ring substituents is 1. The van der Waals surface area contributed by atoms with E-state index in [0.29, 0.717) is 5.69 Å². The fourth-order valence-corrected chi connectivity index (χ4v) is 5.13. The van der Waals surface area contributed by atoms with Gasteiger partial charge in [-0.05, 0) is 50.1 Å². The molecule has 1 aliphatic rings. The van der Waals surface area contributed by atoms with Crippen molar-refractivity contribution in [3.63, 3.8) is 0 Å². The molecule has 0 spiro atoms. The predicted molar refractivity (Wildman–Crippen MR) is 120 cm³/mol. The van der Waals surface area contributed by atoms with Crippen molar-refractivity contribution < 1.29 is 22.9 Å². The minimum atomic E-state index is -3.62. The Labute approximate surface area is 187 Å². The molecule has 9 nitrogen and oxygen atoms in total. The number of hydrogen-bond acceptors (Lipinski definition) is 6. The van der Waals surface area contributed by atoms with Gasteiger partial charge in [-0.3, -0.25) is 14.9 Å². The largest absolute Gasteiger partial charge is 0.474 e. The first kappa shape index (κ1) is 23.7. The van der Waals surface area contributed by atoms with Crippen LogP contribution >= 0.6 is 0 Å². The van der Waals surface area contributed by atoms with Gasteiger partial charge in [0.1, 0.15) is 0 Å². The first-order valence-electron chi connectivity index (χ1n) is 10.5. The van der Waals surface area contributed by atoms with Gasteiger partial charge in [0.25, 0.3) is 5.91 Å². The zero-order valence-corrected chi connectivity index (χ0v) is 18.9. The topological polar surface area (TPSA) is 119 Å². The maximum absolute atomic E-state index is 12.9. The number of carbonyl (C=O) groups is 1. The van der Waals surface area contributed by atoms with E-state index in [2.05, 4.69) is 5.32 Å². The Morgan fingerprint density at radius 1 is 1.12 bits per heavy atom. The molecule has 1 fully saturated rings. The zero-order valence-electron chi connectivity index (χ0n) is 18.1. The molecule has 0 aromatic heterocycles. The minimum Gasteiger partial charge on any atom is -0.474 e. The second kappa shape index (κ2) is 10.1. The average Bonchev–Trinajstić information content (AvgIpc) is 2.79. The van der Waals surface area contributed by atoms with Gasteiger partial charge in [0.2, 0.25) is 10.0 Å². The second-order valence-corrected chi connectivity index (χ2v) is 9.81. The van der Waals surface area contributed by atoms with Crippen LogP contribution in [0.2, 0.25) is 0 Å². The lowest BCUT2D eigenvalue weighted by Crippen LogP contribution is -2.38. The number of ether oxygens (including phenoxy) is 1. The van der Waals surface area contributed by atoms with E-state index in [1.807, 2.05) is 0 Å². The highest BCUT2D eigenvalue weighted by molar-refractivity contribution is 7.89. The van der Waals surface area contributed by atoms with Gasteiger partial charge in [-0.15, -0.1) is 0 Å². The van der Waals surface area contributed by atoms with E-state index in [9.17, 15) is 23.3 Å². The number of benzene rings is 2. The lowest BCUT2D eigenvalue weighted by atomic mass is 9.96. The van der Waals surface area contributed by atoms with Crippen LogP contribution in [0.15, 0.2) is 53.4 Å². The van der Waals surface area contributed by atoms with Gasteiger partial charge in [-0.1, -0.05) is 31.4 Å². The molecule has 1 N–H and O–H groups in total. The Morgan fingerprint density at radius 3 is 2.38 bits per heavy atom. The van der Waals surface area contributed by atoms with Crippen LogP contribution in [0, 0.1) is 10.1 Å². The highest BCUT2D eigenvalue weighted by atomic mass is 32.2. The van der Waals surface area contributed by atoms with Crippen LogP contribution in [0.1, 0.15) is 39.0 Å². The van der Waals surface area contributed by atoms with Gasteiger partial charge < -0.3 is 10.1 Å². The molecule has 1 amide bonds. The van der Waals surface area contributed by atoms with Crippen molar-refractivity contribution in [2.45, 2.75) is 56.1 Å². The summed E-state index contributed by atoms with van der Waals surface area (Å²) in [5.41, 5.74) is 0.163. The molecule has 0 heterocycles. The van der Waals surface area contributed by atoms with Crippen molar-refractivity contribution in [1.82, 2.24) is 4.31 Å². The molecule has 2 aromatic carbocycles. The fraction of sp³-hybridized carbons (Fsp3) is 0.409. The van der Waals surface area contributed by atoms with Crippen molar-refractivity contribution in [3.8, 4) is 5.75 Å². The third-order valence-electron chi connectivity index (χ3n) is 5.62. The normalized spacial score (nSPS) is 15.8. The molecular formula is C22H27N3O6S. The monoisotopic (exact) mass is 461 g/mol. The van der Waals surface area contributed by atoms with Gasteiger partial charge in [0.15, 0.2) is 11.9 Å². The fourth-order valence-electron chi connectivity index (χ4n) is 3.71. The van der Waals surface area contributed by atoms with E-state index < -0.39 is 27.0 Å². The maximum atomic E-state index is 12.9. The SMILES string of the molecule is CC(Oc1ccccc1[N+](=O)[O-])C(=O)Nc1ccc(S(=O)(=O)N(C)C2CCCCC2)cc1. The number of para-hydroxylation sites is 2. The molecule has 3 rings (SSSR count). The lowest BCUT2D eigenvalue weighted by molar-refractivity contribution is -0.386. The summed E-state index contributed by atoms with van der Waals surface area (Å²) in [6, 6.07) is 11.7. The van der Waals surface area contributed by atoms with E-state index in [0.717, 1.165) is 32.1 Å². The highest BCUT2D eigenvalue weighted by Gasteiger charge is 2.29. The van der Waals surface area contributed by atoms with Crippen molar-refractivity contribution in [2.24, 2.45) is 0 Å². The number of nitrogens with zero attached hydrogens (tertiary/aromatic N) is 2. The molecule has 0 radical (unpaired) electrons. The van der Waals surface area contributed by atoms with Crippen molar-refractivity contribution in [3.05, 3.63) is 58.6 Å². The van der Waals surface area contributed by atoms with Gasteiger partial charge in [0, 0.05) is 24.8 Å². The van der Waals surface area contributed by atoms with E-state index in [4.69, 9.17) is 4.74 Å². The van der Waals surface area contributed by atoms with Crippen LogP contribution in [0.5, 0.6) is 5.75 Å². The Morgan fingerprint density at radius 2 is 1.75 bits per heavy atom. The van der Waals surface area contributed by atoms with Crippen molar-refractivity contribution in [2.75, 3.05) is 12.4 Å². The first-order chi connectivity index (χ1) is 15.2. The van der Waals surface area contributed by atoms with E-state index in [1.165, 1.54) is 53.7 Å². The molecule has 1 saturated carbocycles. The quantitative estimate of drug-likeness (QED) is 0.470.